The van der Waals surface area contributed by atoms with Crippen LogP contribution in [0.2, 0.25) is 0 Å². The number of halogens is 2. The van der Waals surface area contributed by atoms with Crippen LogP contribution in [0.3, 0.4) is 0 Å². The largest absolute Gasteiger partial charge is 0.479 e. The number of hydrogen-bond donors (Lipinski definition) is 1. The van der Waals surface area contributed by atoms with E-state index in [9.17, 15) is 19.1 Å². The predicted octanol–water partition coefficient (Wildman–Crippen LogP) is 2.58. The SMILES string of the molecule is CCN(C(C)=O)C(C(=O)O)c1ccc(F)cc1Br. The summed E-state index contributed by atoms with van der Waals surface area (Å²) in [5.74, 6) is -1.97. The molecule has 0 heterocycles. The van der Waals surface area contributed by atoms with Crippen LogP contribution in [0.25, 0.3) is 0 Å². The number of carboxylic acid groups (broad SMARTS) is 1. The highest BCUT2D eigenvalue weighted by Gasteiger charge is 2.29. The number of rotatable bonds is 4. The molecule has 1 aromatic rings. The predicted molar refractivity (Wildman–Crippen MR) is 67.5 cm³/mol. The minimum absolute atomic E-state index is 0.260. The van der Waals surface area contributed by atoms with Crippen LogP contribution >= 0.6 is 15.9 Å². The minimum atomic E-state index is -1.15. The van der Waals surface area contributed by atoms with Gasteiger partial charge in [0.05, 0.1) is 0 Å². The summed E-state index contributed by atoms with van der Waals surface area (Å²) in [6.07, 6.45) is 0. The van der Waals surface area contributed by atoms with E-state index in [2.05, 4.69) is 15.9 Å². The van der Waals surface area contributed by atoms with E-state index in [4.69, 9.17) is 0 Å². The molecule has 0 saturated heterocycles. The number of carbonyl (C=O) groups excluding carboxylic acids is 1. The van der Waals surface area contributed by atoms with E-state index >= 15 is 0 Å². The molecule has 1 amide bonds. The first kappa shape index (κ1) is 14.6. The molecule has 0 fully saturated rings. The van der Waals surface area contributed by atoms with E-state index in [1.807, 2.05) is 0 Å². The Bertz CT molecular complexity index is 478. The van der Waals surface area contributed by atoms with Gasteiger partial charge in [-0.15, -0.1) is 0 Å². The third kappa shape index (κ3) is 3.07. The van der Waals surface area contributed by atoms with Crippen molar-refractivity contribution in [1.29, 1.82) is 0 Å². The molecule has 0 aliphatic heterocycles. The molecule has 6 heteroatoms. The van der Waals surface area contributed by atoms with E-state index < -0.39 is 17.8 Å². The number of aliphatic carboxylic acids is 1. The van der Waals surface area contributed by atoms with Crippen LogP contribution in [0, 0.1) is 5.82 Å². The van der Waals surface area contributed by atoms with Gasteiger partial charge in [-0.3, -0.25) is 4.79 Å². The summed E-state index contributed by atoms with van der Waals surface area (Å²) in [5, 5.41) is 9.26. The van der Waals surface area contributed by atoms with Gasteiger partial charge < -0.3 is 10.0 Å². The van der Waals surface area contributed by atoms with Crippen molar-refractivity contribution in [2.45, 2.75) is 19.9 Å². The second-order valence-electron chi connectivity index (χ2n) is 3.71. The molecule has 1 aromatic carbocycles. The van der Waals surface area contributed by atoms with Crippen molar-refractivity contribution < 1.29 is 19.1 Å². The highest BCUT2D eigenvalue weighted by molar-refractivity contribution is 9.10. The third-order valence-electron chi connectivity index (χ3n) is 2.55. The molecule has 0 bridgehead atoms. The van der Waals surface area contributed by atoms with Gasteiger partial charge in [-0.1, -0.05) is 22.0 Å². The molecule has 0 spiro atoms. The van der Waals surface area contributed by atoms with E-state index in [1.165, 1.54) is 30.0 Å². The maximum absolute atomic E-state index is 13.0. The van der Waals surface area contributed by atoms with Gasteiger partial charge in [-0.05, 0) is 19.1 Å². The summed E-state index contributed by atoms with van der Waals surface area (Å²) in [4.78, 5) is 24.0. The van der Waals surface area contributed by atoms with Gasteiger partial charge in [-0.2, -0.15) is 0 Å². The van der Waals surface area contributed by atoms with Crippen LogP contribution < -0.4 is 0 Å². The topological polar surface area (TPSA) is 57.6 Å². The Kier molecular flexibility index (Phi) is 4.84. The van der Waals surface area contributed by atoms with Gasteiger partial charge in [0.1, 0.15) is 5.82 Å². The highest BCUT2D eigenvalue weighted by Crippen LogP contribution is 2.29. The molecule has 1 rings (SSSR count). The smallest absolute Gasteiger partial charge is 0.331 e. The molecule has 0 aromatic heterocycles. The number of likely N-dealkylation sites (N-methyl/N-ethyl adjacent to an activating group) is 1. The van der Waals surface area contributed by atoms with Crippen molar-refractivity contribution in [2.75, 3.05) is 6.54 Å². The lowest BCUT2D eigenvalue weighted by Gasteiger charge is -2.27. The Morgan fingerprint density at radius 3 is 2.50 bits per heavy atom. The Morgan fingerprint density at radius 2 is 2.11 bits per heavy atom. The first-order valence-electron chi connectivity index (χ1n) is 5.33. The summed E-state index contributed by atoms with van der Waals surface area (Å²) >= 11 is 3.12. The average molecular weight is 318 g/mol. The van der Waals surface area contributed by atoms with Gasteiger partial charge in [0.15, 0.2) is 6.04 Å². The summed E-state index contributed by atoms with van der Waals surface area (Å²) in [7, 11) is 0. The summed E-state index contributed by atoms with van der Waals surface area (Å²) in [5.41, 5.74) is 0.348. The number of benzene rings is 1. The van der Waals surface area contributed by atoms with Gasteiger partial charge >= 0.3 is 5.97 Å². The van der Waals surface area contributed by atoms with Crippen molar-refractivity contribution in [2.24, 2.45) is 0 Å². The lowest BCUT2D eigenvalue weighted by Crippen LogP contribution is -2.37. The number of carboxylic acids is 1. The summed E-state index contributed by atoms with van der Waals surface area (Å²) in [6.45, 7) is 3.25. The first-order valence-corrected chi connectivity index (χ1v) is 6.12. The molecule has 1 atom stereocenters. The molecule has 4 nitrogen and oxygen atoms in total. The lowest BCUT2D eigenvalue weighted by molar-refractivity contribution is -0.149. The zero-order chi connectivity index (χ0) is 13.9. The van der Waals surface area contributed by atoms with E-state index in [-0.39, 0.29) is 12.5 Å². The van der Waals surface area contributed by atoms with Gasteiger partial charge in [0, 0.05) is 23.5 Å². The zero-order valence-corrected chi connectivity index (χ0v) is 11.6. The number of nitrogens with zero attached hydrogens (tertiary/aromatic N) is 1. The van der Waals surface area contributed by atoms with Crippen molar-refractivity contribution in [3.05, 3.63) is 34.1 Å². The van der Waals surface area contributed by atoms with Crippen LogP contribution in [0.1, 0.15) is 25.5 Å². The van der Waals surface area contributed by atoms with Crippen LogP contribution in [-0.4, -0.2) is 28.4 Å². The fraction of sp³-hybridized carbons (Fsp3) is 0.333. The van der Waals surface area contributed by atoms with Crippen molar-refractivity contribution in [1.82, 2.24) is 4.90 Å². The molecule has 1 N–H and O–H groups in total. The van der Waals surface area contributed by atoms with E-state index in [0.29, 0.717) is 10.0 Å². The summed E-state index contributed by atoms with van der Waals surface area (Å²) in [6, 6.07) is 2.59. The van der Waals surface area contributed by atoms with Crippen LogP contribution in [0.15, 0.2) is 22.7 Å². The highest BCUT2D eigenvalue weighted by atomic mass is 79.9. The quantitative estimate of drug-likeness (QED) is 0.928. The molecule has 0 radical (unpaired) electrons. The Labute approximate surface area is 113 Å². The Balaban J connectivity index is 3.27. The second-order valence-corrected chi connectivity index (χ2v) is 4.57. The monoisotopic (exact) mass is 317 g/mol. The number of hydrogen-bond acceptors (Lipinski definition) is 2. The normalized spacial score (nSPS) is 12.0. The Morgan fingerprint density at radius 1 is 1.50 bits per heavy atom. The standard InChI is InChI=1S/C12H13BrFNO3/c1-3-15(7(2)16)11(12(17)18)9-5-4-8(14)6-10(9)13/h4-6,11H,3H2,1-2H3,(H,17,18). The molecule has 0 aliphatic carbocycles. The number of carbonyl (C=O) groups is 2. The van der Waals surface area contributed by atoms with Crippen molar-refractivity contribution in [3.63, 3.8) is 0 Å². The molecular weight excluding hydrogens is 305 g/mol. The van der Waals surface area contributed by atoms with Gasteiger partial charge in [0.2, 0.25) is 5.91 Å². The van der Waals surface area contributed by atoms with Crippen molar-refractivity contribution >= 4 is 27.8 Å². The molecule has 0 aliphatic rings. The molecule has 1 unspecified atom stereocenters. The third-order valence-corrected chi connectivity index (χ3v) is 3.23. The first-order chi connectivity index (χ1) is 8.38. The van der Waals surface area contributed by atoms with Crippen LogP contribution in [-0.2, 0) is 9.59 Å². The fourth-order valence-electron chi connectivity index (χ4n) is 1.74. The molecule has 18 heavy (non-hydrogen) atoms. The lowest BCUT2D eigenvalue weighted by atomic mass is 10.1. The maximum Gasteiger partial charge on any atom is 0.331 e. The number of amides is 1. The average Bonchev–Trinajstić information content (AvgIpc) is 2.26. The van der Waals surface area contributed by atoms with Crippen LogP contribution in [0.4, 0.5) is 4.39 Å². The molecule has 98 valence electrons. The fourth-order valence-corrected chi connectivity index (χ4v) is 2.31. The van der Waals surface area contributed by atoms with E-state index in [0.717, 1.165) is 0 Å². The molecular formula is C12H13BrFNO3. The second kappa shape index (κ2) is 5.95. The van der Waals surface area contributed by atoms with Crippen molar-refractivity contribution in [3.8, 4) is 0 Å². The molecule has 0 saturated carbocycles. The Hall–Kier alpha value is -1.43. The van der Waals surface area contributed by atoms with Gasteiger partial charge in [0.25, 0.3) is 0 Å². The van der Waals surface area contributed by atoms with Crippen LogP contribution in [0.5, 0.6) is 0 Å². The van der Waals surface area contributed by atoms with E-state index in [1.54, 1.807) is 6.92 Å². The summed E-state index contributed by atoms with van der Waals surface area (Å²) < 4.78 is 13.3. The zero-order valence-electron chi connectivity index (χ0n) is 9.98. The van der Waals surface area contributed by atoms with Gasteiger partial charge in [-0.25, -0.2) is 9.18 Å². The maximum atomic E-state index is 13.0. The minimum Gasteiger partial charge on any atom is -0.479 e.